The maximum absolute atomic E-state index is 13.9. The van der Waals surface area contributed by atoms with Crippen molar-refractivity contribution in [1.29, 1.82) is 0 Å². The number of nitrogens with zero attached hydrogens (tertiary/aromatic N) is 5. The summed E-state index contributed by atoms with van der Waals surface area (Å²) in [6.45, 7) is 1.82. The maximum Gasteiger partial charge on any atom is 0.266 e. The van der Waals surface area contributed by atoms with Crippen molar-refractivity contribution in [2.45, 2.75) is 13.0 Å². The Labute approximate surface area is 190 Å². The first kappa shape index (κ1) is 20.3. The molecule has 0 fully saturated rings. The van der Waals surface area contributed by atoms with Gasteiger partial charge in [-0.05, 0) is 43.3 Å². The quantitative estimate of drug-likeness (QED) is 0.396. The highest BCUT2D eigenvalue weighted by Crippen LogP contribution is 2.26. The fourth-order valence-electron chi connectivity index (χ4n) is 3.52. The minimum atomic E-state index is -0.534. The van der Waals surface area contributed by atoms with Gasteiger partial charge in [0.25, 0.3) is 5.56 Å². The number of H-pyrrole nitrogens is 1. The van der Waals surface area contributed by atoms with Gasteiger partial charge in [-0.25, -0.2) is 24.3 Å². The summed E-state index contributed by atoms with van der Waals surface area (Å²) in [5.41, 5.74) is 1.42. The average molecular weight is 470 g/mol. The van der Waals surface area contributed by atoms with Crippen LogP contribution in [0.25, 0.3) is 27.8 Å². The molecular weight excluding hydrogens is 456 g/mol. The summed E-state index contributed by atoms with van der Waals surface area (Å²) in [5, 5.41) is 4.06. The zero-order valence-electron chi connectivity index (χ0n) is 16.5. The molecule has 0 saturated carbocycles. The molecule has 2 aromatic carbocycles. The molecule has 8 nitrogen and oxygen atoms in total. The Kier molecular flexibility index (Phi) is 4.99. The highest BCUT2D eigenvalue weighted by atomic mass is 35.5. The number of halogens is 3. The summed E-state index contributed by atoms with van der Waals surface area (Å²) >= 11 is 12.4. The van der Waals surface area contributed by atoms with Gasteiger partial charge in [0, 0.05) is 10.0 Å². The lowest BCUT2D eigenvalue weighted by atomic mass is 10.2. The van der Waals surface area contributed by atoms with Crippen LogP contribution < -0.4 is 10.9 Å². The van der Waals surface area contributed by atoms with Crippen LogP contribution in [0.15, 0.2) is 53.8 Å². The maximum atomic E-state index is 13.9. The molecule has 0 bridgehead atoms. The molecule has 0 spiro atoms. The van der Waals surface area contributed by atoms with Gasteiger partial charge in [-0.3, -0.25) is 9.36 Å². The molecule has 1 atom stereocenters. The molecule has 0 unspecified atom stereocenters. The van der Waals surface area contributed by atoms with Crippen LogP contribution in [0.3, 0.4) is 0 Å². The van der Waals surface area contributed by atoms with Gasteiger partial charge < -0.3 is 10.3 Å². The molecule has 3 heterocycles. The minimum absolute atomic E-state index is 0.133. The number of imidazole rings is 1. The van der Waals surface area contributed by atoms with Crippen molar-refractivity contribution in [2.24, 2.45) is 0 Å². The Morgan fingerprint density at radius 2 is 1.88 bits per heavy atom. The summed E-state index contributed by atoms with van der Waals surface area (Å²) in [4.78, 5) is 33.7. The molecule has 0 aliphatic rings. The van der Waals surface area contributed by atoms with Crippen LogP contribution in [0.2, 0.25) is 10.0 Å². The van der Waals surface area contributed by atoms with Crippen molar-refractivity contribution in [2.75, 3.05) is 5.32 Å². The number of rotatable bonds is 4. The van der Waals surface area contributed by atoms with E-state index >= 15 is 0 Å². The van der Waals surface area contributed by atoms with Crippen molar-refractivity contribution >= 4 is 51.1 Å². The Bertz CT molecular complexity index is 1530. The van der Waals surface area contributed by atoms with E-state index in [1.807, 2.05) is 6.92 Å². The summed E-state index contributed by atoms with van der Waals surface area (Å²) in [6, 6.07) is 8.12. The number of hydrogen-bond acceptors (Lipinski definition) is 6. The predicted molar refractivity (Wildman–Crippen MR) is 121 cm³/mol. The third-order valence-electron chi connectivity index (χ3n) is 4.92. The van der Waals surface area contributed by atoms with E-state index in [0.29, 0.717) is 44.1 Å². The van der Waals surface area contributed by atoms with Gasteiger partial charge in [0.1, 0.15) is 23.5 Å². The van der Waals surface area contributed by atoms with Crippen LogP contribution in [0, 0.1) is 5.82 Å². The van der Waals surface area contributed by atoms with Crippen molar-refractivity contribution in [3.8, 4) is 5.69 Å². The van der Waals surface area contributed by atoms with Crippen LogP contribution >= 0.6 is 23.2 Å². The first-order valence-corrected chi connectivity index (χ1v) is 10.3. The van der Waals surface area contributed by atoms with E-state index < -0.39 is 17.4 Å². The molecule has 0 aliphatic carbocycles. The molecule has 11 heteroatoms. The SMILES string of the molecule is C[C@H](Nc1ncnc2[nH]cnc12)c1nc2ccc(F)cc2c(=O)n1-c1cc(Cl)cc(Cl)c1. The second kappa shape index (κ2) is 7.85. The lowest BCUT2D eigenvalue weighted by Gasteiger charge is -2.20. The fourth-order valence-corrected chi connectivity index (χ4v) is 4.04. The molecule has 160 valence electrons. The van der Waals surface area contributed by atoms with Crippen LogP contribution in [0.4, 0.5) is 10.2 Å². The van der Waals surface area contributed by atoms with Crippen molar-refractivity contribution in [3.63, 3.8) is 0 Å². The number of anilines is 1. The van der Waals surface area contributed by atoms with Gasteiger partial charge >= 0.3 is 0 Å². The standard InChI is InChI=1S/C21H14Cl2FN7O/c1-10(29-19-17-18(26-8-25-17)27-9-28-19)20-30-16-3-2-13(24)7-15(16)21(32)31(20)14-5-11(22)4-12(23)6-14/h2-10H,1H3,(H2,25,26,27,28,29)/t10-/m0/s1. The Balaban J connectivity index is 1.73. The number of hydrogen-bond donors (Lipinski definition) is 2. The fraction of sp³-hybridized carbons (Fsp3) is 0.0952. The van der Waals surface area contributed by atoms with Crippen LogP contribution in [0.1, 0.15) is 18.8 Å². The third-order valence-corrected chi connectivity index (χ3v) is 5.36. The van der Waals surface area contributed by atoms with E-state index in [1.165, 1.54) is 29.4 Å². The zero-order valence-corrected chi connectivity index (χ0v) is 18.0. The Morgan fingerprint density at radius 1 is 1.09 bits per heavy atom. The molecule has 5 rings (SSSR count). The molecule has 32 heavy (non-hydrogen) atoms. The lowest BCUT2D eigenvalue weighted by Crippen LogP contribution is -2.27. The van der Waals surface area contributed by atoms with Gasteiger partial charge in [-0.2, -0.15) is 0 Å². The molecule has 0 radical (unpaired) electrons. The van der Waals surface area contributed by atoms with E-state index in [2.05, 4.69) is 30.2 Å². The van der Waals surface area contributed by atoms with Crippen molar-refractivity contribution in [1.82, 2.24) is 29.5 Å². The first-order chi connectivity index (χ1) is 15.4. The minimum Gasteiger partial charge on any atom is -0.358 e. The first-order valence-electron chi connectivity index (χ1n) is 9.50. The second-order valence-corrected chi connectivity index (χ2v) is 7.96. The summed E-state index contributed by atoms with van der Waals surface area (Å²) < 4.78 is 15.3. The number of nitrogens with one attached hydrogen (secondary N) is 2. The van der Waals surface area contributed by atoms with Gasteiger partial charge in [-0.1, -0.05) is 23.2 Å². The summed E-state index contributed by atoms with van der Waals surface area (Å²) in [6.07, 6.45) is 2.91. The van der Waals surface area contributed by atoms with Crippen LogP contribution in [0.5, 0.6) is 0 Å². The third kappa shape index (κ3) is 3.55. The Hall–Kier alpha value is -3.56. The van der Waals surface area contributed by atoms with Crippen molar-refractivity contribution in [3.05, 3.63) is 81.1 Å². The number of benzene rings is 2. The van der Waals surface area contributed by atoms with Gasteiger partial charge in [0.2, 0.25) is 0 Å². The summed E-state index contributed by atoms with van der Waals surface area (Å²) in [5.74, 6) is 0.288. The molecule has 0 saturated heterocycles. The summed E-state index contributed by atoms with van der Waals surface area (Å²) in [7, 11) is 0. The van der Waals surface area contributed by atoms with E-state index in [4.69, 9.17) is 23.2 Å². The highest BCUT2D eigenvalue weighted by Gasteiger charge is 2.20. The molecule has 3 aromatic heterocycles. The Morgan fingerprint density at radius 3 is 2.66 bits per heavy atom. The van der Waals surface area contributed by atoms with E-state index in [9.17, 15) is 9.18 Å². The molecule has 0 aliphatic heterocycles. The largest absolute Gasteiger partial charge is 0.358 e. The number of fused-ring (bicyclic) bond motifs is 2. The smallest absolute Gasteiger partial charge is 0.266 e. The average Bonchev–Trinajstić information content (AvgIpc) is 3.23. The van der Waals surface area contributed by atoms with Gasteiger partial charge in [-0.15, -0.1) is 0 Å². The van der Waals surface area contributed by atoms with Crippen LogP contribution in [-0.4, -0.2) is 29.5 Å². The number of aromatic nitrogens is 6. The molecule has 2 N–H and O–H groups in total. The normalized spacial score (nSPS) is 12.4. The second-order valence-electron chi connectivity index (χ2n) is 7.09. The highest BCUT2D eigenvalue weighted by molar-refractivity contribution is 6.34. The van der Waals surface area contributed by atoms with Gasteiger partial charge in [0.15, 0.2) is 11.5 Å². The van der Waals surface area contributed by atoms with Gasteiger partial charge in [0.05, 0.1) is 29.0 Å². The monoisotopic (exact) mass is 469 g/mol. The zero-order chi connectivity index (χ0) is 22.4. The van der Waals surface area contributed by atoms with Crippen LogP contribution in [-0.2, 0) is 0 Å². The van der Waals surface area contributed by atoms with E-state index in [-0.39, 0.29) is 5.39 Å². The topological polar surface area (TPSA) is 101 Å². The molecule has 5 aromatic rings. The molecule has 0 amide bonds. The van der Waals surface area contributed by atoms with E-state index in [0.717, 1.165) is 6.07 Å². The van der Waals surface area contributed by atoms with E-state index in [1.54, 1.807) is 18.2 Å². The molecular formula is C21H14Cl2FN7O. The number of aromatic amines is 1. The van der Waals surface area contributed by atoms with Crippen molar-refractivity contribution < 1.29 is 4.39 Å². The predicted octanol–water partition coefficient (Wildman–Crippen LogP) is 4.67. The lowest BCUT2D eigenvalue weighted by molar-refractivity contribution is 0.629.